The molecule has 2 atom stereocenters. The highest BCUT2D eigenvalue weighted by Gasteiger charge is 2.34. The summed E-state index contributed by atoms with van der Waals surface area (Å²) >= 11 is 0. The van der Waals surface area contributed by atoms with Crippen molar-refractivity contribution in [3.63, 3.8) is 0 Å². The normalized spacial score (nSPS) is 30.5. The molecule has 0 saturated heterocycles. The monoisotopic (exact) mass is 239 g/mol. The molecule has 1 saturated carbocycles. The molecule has 0 heterocycles. The van der Waals surface area contributed by atoms with Crippen molar-refractivity contribution < 1.29 is 0 Å². The molecule has 1 rings (SSSR count). The first-order valence-electron chi connectivity index (χ1n) is 7.66. The van der Waals surface area contributed by atoms with Gasteiger partial charge in [-0.2, -0.15) is 0 Å². The van der Waals surface area contributed by atoms with E-state index in [9.17, 15) is 0 Å². The van der Waals surface area contributed by atoms with Crippen LogP contribution in [0.2, 0.25) is 0 Å². The molecule has 0 aromatic carbocycles. The molecule has 1 N–H and O–H groups in total. The number of hydrogen-bond donors (Lipinski definition) is 1. The Morgan fingerprint density at radius 1 is 1.00 bits per heavy atom. The second-order valence-corrected chi connectivity index (χ2v) is 7.10. The Kier molecular flexibility index (Phi) is 5.99. The van der Waals surface area contributed by atoms with Gasteiger partial charge in [0.05, 0.1) is 0 Å². The van der Waals surface area contributed by atoms with E-state index in [1.165, 1.54) is 45.2 Å². The van der Waals surface area contributed by atoms with E-state index in [0.29, 0.717) is 5.41 Å². The van der Waals surface area contributed by atoms with Crippen LogP contribution in [-0.2, 0) is 0 Å². The molecule has 102 valence electrons. The lowest BCUT2D eigenvalue weighted by atomic mass is 9.64. The summed E-state index contributed by atoms with van der Waals surface area (Å²) < 4.78 is 0. The van der Waals surface area contributed by atoms with Gasteiger partial charge in [-0.25, -0.2) is 0 Å². The van der Waals surface area contributed by atoms with Crippen LogP contribution in [0.15, 0.2) is 0 Å². The Labute approximate surface area is 109 Å². The van der Waals surface area contributed by atoms with Crippen LogP contribution in [0.1, 0.15) is 66.7 Å². The van der Waals surface area contributed by atoms with Crippen LogP contribution in [0, 0.1) is 23.2 Å². The van der Waals surface area contributed by atoms with Crippen molar-refractivity contribution in [1.82, 2.24) is 5.32 Å². The molecule has 2 unspecified atom stereocenters. The van der Waals surface area contributed by atoms with Gasteiger partial charge in [0, 0.05) is 0 Å². The van der Waals surface area contributed by atoms with Crippen LogP contribution in [0.5, 0.6) is 0 Å². The highest BCUT2D eigenvalue weighted by molar-refractivity contribution is 4.85. The number of hydrogen-bond acceptors (Lipinski definition) is 1. The topological polar surface area (TPSA) is 12.0 Å². The van der Waals surface area contributed by atoms with Gasteiger partial charge in [-0.1, -0.05) is 34.6 Å². The molecule has 0 aromatic rings. The Morgan fingerprint density at radius 3 is 2.12 bits per heavy atom. The quantitative estimate of drug-likeness (QED) is 0.674. The summed E-state index contributed by atoms with van der Waals surface area (Å²) in [6, 6.07) is 0. The average Bonchev–Trinajstić information content (AvgIpc) is 2.23. The van der Waals surface area contributed by atoms with Crippen LogP contribution in [0.3, 0.4) is 0 Å². The van der Waals surface area contributed by atoms with Gasteiger partial charge in [0.2, 0.25) is 0 Å². The molecular weight excluding hydrogens is 206 g/mol. The fourth-order valence-corrected chi connectivity index (χ4v) is 3.50. The molecule has 17 heavy (non-hydrogen) atoms. The van der Waals surface area contributed by atoms with Gasteiger partial charge >= 0.3 is 0 Å². The van der Waals surface area contributed by atoms with Gasteiger partial charge in [-0.05, 0) is 68.4 Å². The summed E-state index contributed by atoms with van der Waals surface area (Å²) in [5.74, 6) is 2.81. The summed E-state index contributed by atoms with van der Waals surface area (Å²) in [6.45, 7) is 14.4. The van der Waals surface area contributed by atoms with E-state index in [2.05, 4.69) is 39.9 Å². The van der Waals surface area contributed by atoms with Gasteiger partial charge in [-0.3, -0.25) is 0 Å². The van der Waals surface area contributed by atoms with Crippen molar-refractivity contribution in [2.75, 3.05) is 13.1 Å². The molecule has 0 amide bonds. The molecule has 1 nitrogen and oxygen atoms in total. The average molecular weight is 239 g/mol. The lowest BCUT2D eigenvalue weighted by Gasteiger charge is -2.42. The first-order valence-corrected chi connectivity index (χ1v) is 7.66. The minimum atomic E-state index is 0.518. The summed E-state index contributed by atoms with van der Waals surface area (Å²) in [5.41, 5.74) is 0.518. The third-order valence-electron chi connectivity index (χ3n) is 4.66. The van der Waals surface area contributed by atoms with E-state index in [4.69, 9.17) is 0 Å². The lowest BCUT2D eigenvalue weighted by molar-refractivity contribution is 0.0929. The van der Waals surface area contributed by atoms with Crippen molar-refractivity contribution in [2.24, 2.45) is 23.2 Å². The number of rotatable bonds is 6. The van der Waals surface area contributed by atoms with Crippen molar-refractivity contribution in [3.8, 4) is 0 Å². The maximum absolute atomic E-state index is 3.55. The zero-order valence-corrected chi connectivity index (χ0v) is 12.7. The maximum Gasteiger partial charge on any atom is -0.00437 e. The van der Waals surface area contributed by atoms with E-state index in [0.717, 1.165) is 17.8 Å². The van der Waals surface area contributed by atoms with E-state index in [1.54, 1.807) is 0 Å². The number of nitrogens with one attached hydrogen (secondary N) is 1. The fraction of sp³-hybridized carbons (Fsp3) is 1.00. The highest BCUT2D eigenvalue weighted by Crippen LogP contribution is 2.44. The standard InChI is InChI=1S/C16H33N/c1-6-8-17-9-7-16(4,5)15-11-13(2)10-14(3)12-15/h13-15,17H,6-12H2,1-5H3. The van der Waals surface area contributed by atoms with Gasteiger partial charge in [0.25, 0.3) is 0 Å². The van der Waals surface area contributed by atoms with E-state index < -0.39 is 0 Å². The molecule has 0 spiro atoms. The molecular formula is C16H33N. The van der Waals surface area contributed by atoms with Crippen molar-refractivity contribution in [1.29, 1.82) is 0 Å². The maximum atomic E-state index is 3.55. The van der Waals surface area contributed by atoms with E-state index >= 15 is 0 Å². The van der Waals surface area contributed by atoms with Crippen LogP contribution < -0.4 is 5.32 Å². The second-order valence-electron chi connectivity index (χ2n) is 7.10. The Morgan fingerprint density at radius 2 is 1.59 bits per heavy atom. The predicted octanol–water partition coefficient (Wildman–Crippen LogP) is 4.47. The lowest BCUT2D eigenvalue weighted by Crippen LogP contribution is -2.34. The molecule has 0 radical (unpaired) electrons. The summed E-state index contributed by atoms with van der Waals surface area (Å²) in [6.07, 6.45) is 6.92. The SMILES string of the molecule is CCCNCCC(C)(C)C1CC(C)CC(C)C1. The van der Waals surface area contributed by atoms with E-state index in [1.807, 2.05) is 0 Å². The Hall–Kier alpha value is -0.0400. The predicted molar refractivity (Wildman–Crippen MR) is 77.2 cm³/mol. The molecule has 1 fully saturated rings. The Balaban J connectivity index is 2.39. The van der Waals surface area contributed by atoms with Gasteiger partial charge in [0.1, 0.15) is 0 Å². The van der Waals surface area contributed by atoms with Crippen LogP contribution in [0.4, 0.5) is 0 Å². The first kappa shape index (κ1) is 15.0. The highest BCUT2D eigenvalue weighted by atomic mass is 14.8. The second kappa shape index (κ2) is 6.78. The molecule has 1 aliphatic carbocycles. The first-order chi connectivity index (χ1) is 7.95. The third-order valence-corrected chi connectivity index (χ3v) is 4.66. The largest absolute Gasteiger partial charge is 0.317 e. The molecule has 1 aliphatic rings. The zero-order chi connectivity index (χ0) is 12.9. The Bertz CT molecular complexity index is 200. The van der Waals surface area contributed by atoms with Crippen molar-refractivity contribution >= 4 is 0 Å². The molecule has 0 bridgehead atoms. The van der Waals surface area contributed by atoms with Crippen LogP contribution >= 0.6 is 0 Å². The fourth-order valence-electron chi connectivity index (χ4n) is 3.50. The van der Waals surface area contributed by atoms with Crippen molar-refractivity contribution in [2.45, 2.75) is 66.7 Å². The van der Waals surface area contributed by atoms with E-state index in [-0.39, 0.29) is 0 Å². The minimum absolute atomic E-state index is 0.518. The summed E-state index contributed by atoms with van der Waals surface area (Å²) in [4.78, 5) is 0. The molecule has 0 aliphatic heterocycles. The molecule has 0 aromatic heterocycles. The molecule has 1 heteroatoms. The minimum Gasteiger partial charge on any atom is -0.317 e. The van der Waals surface area contributed by atoms with Gasteiger partial charge in [0.15, 0.2) is 0 Å². The van der Waals surface area contributed by atoms with Crippen LogP contribution in [0.25, 0.3) is 0 Å². The summed E-state index contributed by atoms with van der Waals surface area (Å²) in [7, 11) is 0. The smallest absolute Gasteiger partial charge is 0.00437 e. The van der Waals surface area contributed by atoms with Crippen LogP contribution in [-0.4, -0.2) is 13.1 Å². The summed E-state index contributed by atoms with van der Waals surface area (Å²) in [5, 5.41) is 3.55. The van der Waals surface area contributed by atoms with Gasteiger partial charge < -0.3 is 5.32 Å². The van der Waals surface area contributed by atoms with Crippen molar-refractivity contribution in [3.05, 3.63) is 0 Å². The zero-order valence-electron chi connectivity index (χ0n) is 12.7. The third kappa shape index (κ3) is 4.99. The van der Waals surface area contributed by atoms with Gasteiger partial charge in [-0.15, -0.1) is 0 Å².